The molecular weight excluding hydrogens is 268 g/mol. The highest BCUT2D eigenvalue weighted by atomic mass is 16.6. The molecule has 1 fully saturated rings. The van der Waals surface area contributed by atoms with Crippen LogP contribution in [0.5, 0.6) is 0 Å². The van der Waals surface area contributed by atoms with Crippen molar-refractivity contribution in [2.75, 3.05) is 26.2 Å². The average molecular weight is 292 g/mol. The molecular formula is C16H24N2O3. The van der Waals surface area contributed by atoms with Gasteiger partial charge in [-0.3, -0.25) is 4.90 Å². The van der Waals surface area contributed by atoms with Gasteiger partial charge in [-0.15, -0.1) is 0 Å². The van der Waals surface area contributed by atoms with E-state index in [2.05, 4.69) is 18.7 Å². The van der Waals surface area contributed by atoms with Crippen LogP contribution in [0.25, 0.3) is 0 Å². The zero-order valence-corrected chi connectivity index (χ0v) is 12.7. The molecule has 0 unspecified atom stereocenters. The van der Waals surface area contributed by atoms with Gasteiger partial charge >= 0.3 is 6.09 Å². The summed E-state index contributed by atoms with van der Waals surface area (Å²) in [5.41, 5.74) is 0.977. The fourth-order valence-electron chi connectivity index (χ4n) is 2.69. The highest BCUT2D eigenvalue weighted by molar-refractivity contribution is 5.67. The monoisotopic (exact) mass is 292 g/mol. The number of nitrogens with zero attached hydrogens (tertiary/aromatic N) is 2. The molecule has 0 aliphatic carbocycles. The molecule has 0 spiro atoms. The van der Waals surface area contributed by atoms with Gasteiger partial charge in [0, 0.05) is 25.7 Å². The number of carbonyl (C=O) groups is 1. The first-order valence-electron chi connectivity index (χ1n) is 7.44. The second-order valence-electron chi connectivity index (χ2n) is 5.65. The summed E-state index contributed by atoms with van der Waals surface area (Å²) in [4.78, 5) is 16.0. The van der Waals surface area contributed by atoms with Crippen LogP contribution in [-0.4, -0.2) is 59.3 Å². The number of aliphatic hydroxyl groups is 1. The summed E-state index contributed by atoms with van der Waals surface area (Å²) in [6.45, 7) is 6.47. The third kappa shape index (κ3) is 4.19. The number of aliphatic hydroxyl groups excluding tert-OH is 1. The number of benzene rings is 1. The lowest BCUT2D eigenvalue weighted by Gasteiger charge is -2.42. The lowest BCUT2D eigenvalue weighted by atomic mass is 10.1. The van der Waals surface area contributed by atoms with Crippen molar-refractivity contribution < 1.29 is 14.6 Å². The summed E-state index contributed by atoms with van der Waals surface area (Å²) >= 11 is 0. The molecule has 116 valence electrons. The third-order valence-electron chi connectivity index (χ3n) is 3.87. The van der Waals surface area contributed by atoms with Crippen molar-refractivity contribution in [2.45, 2.75) is 32.5 Å². The number of carbonyl (C=O) groups excluding carboxylic acids is 1. The third-order valence-corrected chi connectivity index (χ3v) is 3.87. The van der Waals surface area contributed by atoms with Gasteiger partial charge in [0.1, 0.15) is 6.61 Å². The molecule has 5 heteroatoms. The molecule has 1 aromatic rings. The van der Waals surface area contributed by atoms with Crippen LogP contribution in [0.1, 0.15) is 19.4 Å². The molecule has 1 aliphatic rings. The largest absolute Gasteiger partial charge is 0.445 e. The van der Waals surface area contributed by atoms with Gasteiger partial charge < -0.3 is 14.7 Å². The van der Waals surface area contributed by atoms with Gasteiger partial charge in [-0.2, -0.15) is 0 Å². The van der Waals surface area contributed by atoms with Crippen molar-refractivity contribution in [3.8, 4) is 0 Å². The summed E-state index contributed by atoms with van der Waals surface area (Å²) in [5, 5.41) is 9.50. The van der Waals surface area contributed by atoms with Gasteiger partial charge in [0.2, 0.25) is 0 Å². The molecule has 1 saturated heterocycles. The van der Waals surface area contributed by atoms with Gasteiger partial charge in [-0.05, 0) is 19.4 Å². The second kappa shape index (κ2) is 7.43. The molecule has 1 amide bonds. The Hall–Kier alpha value is -1.59. The first-order valence-corrected chi connectivity index (χ1v) is 7.44. The fraction of sp³-hybridized carbons (Fsp3) is 0.562. The number of piperazine rings is 1. The quantitative estimate of drug-likeness (QED) is 0.918. The Morgan fingerprint density at radius 2 is 2.05 bits per heavy atom. The van der Waals surface area contributed by atoms with Crippen molar-refractivity contribution in [1.29, 1.82) is 0 Å². The van der Waals surface area contributed by atoms with Gasteiger partial charge in [-0.25, -0.2) is 4.79 Å². The van der Waals surface area contributed by atoms with Crippen LogP contribution in [0.2, 0.25) is 0 Å². The molecule has 1 N–H and O–H groups in total. The summed E-state index contributed by atoms with van der Waals surface area (Å²) in [7, 11) is 0. The van der Waals surface area contributed by atoms with E-state index in [1.165, 1.54) is 0 Å². The number of hydrogen-bond acceptors (Lipinski definition) is 4. The van der Waals surface area contributed by atoms with Gasteiger partial charge in [0.05, 0.1) is 12.6 Å². The minimum Gasteiger partial charge on any atom is -0.445 e. The molecule has 1 aliphatic heterocycles. The lowest BCUT2D eigenvalue weighted by Crippen LogP contribution is -2.58. The van der Waals surface area contributed by atoms with E-state index in [0.717, 1.165) is 12.1 Å². The first-order chi connectivity index (χ1) is 10.1. The Labute approximate surface area is 126 Å². The predicted octanol–water partition coefficient (Wildman–Crippen LogP) is 1.71. The van der Waals surface area contributed by atoms with Crippen molar-refractivity contribution in [2.24, 2.45) is 0 Å². The lowest BCUT2D eigenvalue weighted by molar-refractivity contribution is 0.0136. The van der Waals surface area contributed by atoms with Crippen molar-refractivity contribution in [3.05, 3.63) is 35.9 Å². The standard InChI is InChI=1S/C16H24N2O3/c1-13(2)18-9-8-17(10-15(18)11-19)16(20)21-12-14-6-4-3-5-7-14/h3-7,13,15,19H,8-12H2,1-2H3/t15-/m1/s1. The van der Waals surface area contributed by atoms with E-state index in [9.17, 15) is 9.90 Å². The molecule has 0 saturated carbocycles. The number of amides is 1. The van der Waals surface area contributed by atoms with Crippen molar-refractivity contribution >= 4 is 6.09 Å². The van der Waals surface area contributed by atoms with Crippen LogP contribution in [-0.2, 0) is 11.3 Å². The summed E-state index contributed by atoms with van der Waals surface area (Å²) in [5.74, 6) is 0. The Bertz CT molecular complexity index is 450. The van der Waals surface area contributed by atoms with Crippen LogP contribution in [0.15, 0.2) is 30.3 Å². The Morgan fingerprint density at radius 1 is 1.33 bits per heavy atom. The highest BCUT2D eigenvalue weighted by Gasteiger charge is 2.31. The zero-order valence-electron chi connectivity index (χ0n) is 12.7. The van der Waals surface area contributed by atoms with Crippen LogP contribution in [0.4, 0.5) is 4.79 Å². The fourth-order valence-corrected chi connectivity index (χ4v) is 2.69. The Balaban J connectivity index is 1.86. The summed E-state index contributed by atoms with van der Waals surface area (Å²) in [6.07, 6.45) is -0.305. The zero-order chi connectivity index (χ0) is 15.2. The SMILES string of the molecule is CC(C)N1CCN(C(=O)OCc2ccccc2)C[C@@H]1CO. The molecule has 21 heavy (non-hydrogen) atoms. The van der Waals surface area contributed by atoms with E-state index >= 15 is 0 Å². The van der Waals surface area contributed by atoms with E-state index < -0.39 is 0 Å². The molecule has 1 atom stereocenters. The maximum atomic E-state index is 12.1. The van der Waals surface area contributed by atoms with E-state index in [-0.39, 0.29) is 25.3 Å². The van der Waals surface area contributed by atoms with Crippen LogP contribution >= 0.6 is 0 Å². The Kier molecular flexibility index (Phi) is 5.59. The van der Waals surface area contributed by atoms with E-state index in [0.29, 0.717) is 19.1 Å². The molecule has 0 bridgehead atoms. The molecule has 1 aromatic carbocycles. The predicted molar refractivity (Wildman–Crippen MR) is 80.9 cm³/mol. The molecule has 1 heterocycles. The van der Waals surface area contributed by atoms with Crippen LogP contribution < -0.4 is 0 Å². The van der Waals surface area contributed by atoms with E-state index in [1.807, 2.05) is 30.3 Å². The highest BCUT2D eigenvalue weighted by Crippen LogP contribution is 2.14. The van der Waals surface area contributed by atoms with Gasteiger partial charge in [0.25, 0.3) is 0 Å². The maximum absolute atomic E-state index is 12.1. The normalized spacial score (nSPS) is 19.8. The molecule has 0 aromatic heterocycles. The number of ether oxygens (including phenoxy) is 1. The van der Waals surface area contributed by atoms with Crippen molar-refractivity contribution in [3.63, 3.8) is 0 Å². The van der Waals surface area contributed by atoms with E-state index in [1.54, 1.807) is 4.90 Å². The number of hydrogen-bond donors (Lipinski definition) is 1. The van der Waals surface area contributed by atoms with Crippen molar-refractivity contribution in [1.82, 2.24) is 9.80 Å². The molecule has 2 rings (SSSR count). The maximum Gasteiger partial charge on any atom is 0.410 e. The second-order valence-corrected chi connectivity index (χ2v) is 5.65. The minimum atomic E-state index is -0.305. The molecule has 0 radical (unpaired) electrons. The average Bonchev–Trinajstić information content (AvgIpc) is 2.52. The summed E-state index contributed by atoms with van der Waals surface area (Å²) < 4.78 is 5.34. The van der Waals surface area contributed by atoms with Gasteiger partial charge in [0.15, 0.2) is 0 Å². The summed E-state index contributed by atoms with van der Waals surface area (Å²) in [6, 6.07) is 10.00. The van der Waals surface area contributed by atoms with E-state index in [4.69, 9.17) is 4.74 Å². The first kappa shape index (κ1) is 15.8. The minimum absolute atomic E-state index is 0.0111. The van der Waals surface area contributed by atoms with Crippen LogP contribution in [0.3, 0.4) is 0 Å². The van der Waals surface area contributed by atoms with Crippen LogP contribution in [0, 0.1) is 0 Å². The Morgan fingerprint density at radius 3 is 2.67 bits per heavy atom. The topological polar surface area (TPSA) is 53.0 Å². The van der Waals surface area contributed by atoms with Gasteiger partial charge in [-0.1, -0.05) is 30.3 Å². The number of rotatable bonds is 4. The molecule has 5 nitrogen and oxygen atoms in total. The smallest absolute Gasteiger partial charge is 0.410 e.